The molecule has 0 saturated carbocycles. The van der Waals surface area contributed by atoms with Gasteiger partial charge in [0.05, 0.1) is 23.1 Å². The zero-order chi connectivity index (χ0) is 13.5. The Balaban J connectivity index is 1.84. The van der Waals surface area contributed by atoms with Crippen LogP contribution in [0.4, 0.5) is 11.8 Å². The molecule has 0 amide bonds. The Morgan fingerprint density at radius 1 is 1.32 bits per heavy atom. The van der Waals surface area contributed by atoms with E-state index in [4.69, 9.17) is 5.73 Å². The summed E-state index contributed by atoms with van der Waals surface area (Å²) in [5, 5.41) is 10.6. The standard InChI is InChI=1S/C10H14N6O2S/c11-10-14-8(7-5-12-16-9(7)15-10)13-6-1-3-19(17,18)4-2-6/h5-6H,1-4H2,(H4,11,12,13,14,15,16). The van der Waals surface area contributed by atoms with Gasteiger partial charge < -0.3 is 11.1 Å². The molecule has 0 bridgehead atoms. The first-order valence-corrected chi connectivity index (χ1v) is 7.79. The Labute approximate surface area is 109 Å². The van der Waals surface area contributed by atoms with Crippen molar-refractivity contribution >= 4 is 32.6 Å². The van der Waals surface area contributed by atoms with Gasteiger partial charge in [-0.2, -0.15) is 15.1 Å². The fourth-order valence-electron chi connectivity index (χ4n) is 2.19. The third-order valence-corrected chi connectivity index (χ3v) is 4.94. The smallest absolute Gasteiger partial charge is 0.224 e. The van der Waals surface area contributed by atoms with Crippen molar-refractivity contribution < 1.29 is 8.42 Å². The molecular formula is C10H14N6O2S. The second-order valence-corrected chi connectivity index (χ2v) is 6.94. The minimum Gasteiger partial charge on any atom is -0.368 e. The van der Waals surface area contributed by atoms with Crippen LogP contribution in [0.3, 0.4) is 0 Å². The molecule has 102 valence electrons. The predicted molar refractivity (Wildman–Crippen MR) is 71.4 cm³/mol. The predicted octanol–water partition coefficient (Wildman–Crippen LogP) is -0.0758. The molecule has 0 unspecified atom stereocenters. The highest BCUT2D eigenvalue weighted by atomic mass is 32.2. The van der Waals surface area contributed by atoms with E-state index in [9.17, 15) is 8.42 Å². The number of nitrogen functional groups attached to an aromatic ring is 1. The molecule has 2 aromatic rings. The Hall–Kier alpha value is -1.90. The van der Waals surface area contributed by atoms with E-state index >= 15 is 0 Å². The van der Waals surface area contributed by atoms with E-state index in [1.165, 1.54) is 0 Å². The molecule has 0 atom stereocenters. The maximum Gasteiger partial charge on any atom is 0.224 e. The maximum absolute atomic E-state index is 11.4. The number of hydrogen-bond donors (Lipinski definition) is 3. The van der Waals surface area contributed by atoms with Crippen LogP contribution in [0, 0.1) is 0 Å². The number of nitrogens with two attached hydrogens (primary N) is 1. The highest BCUT2D eigenvalue weighted by molar-refractivity contribution is 7.91. The van der Waals surface area contributed by atoms with Gasteiger partial charge in [-0.3, -0.25) is 5.10 Å². The summed E-state index contributed by atoms with van der Waals surface area (Å²) in [6.07, 6.45) is 2.77. The van der Waals surface area contributed by atoms with Gasteiger partial charge in [-0.05, 0) is 12.8 Å². The quantitative estimate of drug-likeness (QED) is 0.703. The Kier molecular flexibility index (Phi) is 2.77. The first-order chi connectivity index (χ1) is 9.03. The average molecular weight is 282 g/mol. The molecule has 3 heterocycles. The van der Waals surface area contributed by atoms with E-state index in [1.54, 1.807) is 6.20 Å². The number of aromatic nitrogens is 4. The molecule has 8 nitrogen and oxygen atoms in total. The lowest BCUT2D eigenvalue weighted by atomic mass is 10.1. The van der Waals surface area contributed by atoms with Crippen LogP contribution >= 0.6 is 0 Å². The molecule has 4 N–H and O–H groups in total. The molecule has 0 radical (unpaired) electrons. The van der Waals surface area contributed by atoms with Gasteiger partial charge >= 0.3 is 0 Å². The number of nitrogens with zero attached hydrogens (tertiary/aromatic N) is 3. The van der Waals surface area contributed by atoms with Crippen molar-refractivity contribution in [1.29, 1.82) is 0 Å². The summed E-state index contributed by atoms with van der Waals surface area (Å²) >= 11 is 0. The second-order valence-electron chi connectivity index (χ2n) is 4.63. The van der Waals surface area contributed by atoms with Crippen molar-refractivity contribution in [2.75, 3.05) is 22.6 Å². The highest BCUT2D eigenvalue weighted by Gasteiger charge is 2.24. The summed E-state index contributed by atoms with van der Waals surface area (Å²) in [5.41, 5.74) is 6.19. The van der Waals surface area contributed by atoms with Crippen molar-refractivity contribution in [1.82, 2.24) is 20.2 Å². The van der Waals surface area contributed by atoms with Crippen LogP contribution in [0.25, 0.3) is 11.0 Å². The SMILES string of the molecule is Nc1nc(NC2CCS(=O)(=O)CC2)c2cn[nH]c2n1. The number of rotatable bonds is 2. The molecular weight excluding hydrogens is 268 g/mol. The summed E-state index contributed by atoms with van der Waals surface area (Å²) in [7, 11) is -2.86. The summed E-state index contributed by atoms with van der Waals surface area (Å²) in [6.45, 7) is 0. The number of anilines is 2. The van der Waals surface area contributed by atoms with Crippen LogP contribution in [0.5, 0.6) is 0 Å². The van der Waals surface area contributed by atoms with E-state index in [1.807, 2.05) is 0 Å². The molecule has 1 saturated heterocycles. The zero-order valence-electron chi connectivity index (χ0n) is 10.1. The fraction of sp³-hybridized carbons (Fsp3) is 0.500. The molecule has 1 fully saturated rings. The van der Waals surface area contributed by atoms with Crippen molar-refractivity contribution in [3.63, 3.8) is 0 Å². The summed E-state index contributed by atoms with van der Waals surface area (Å²) in [6, 6.07) is 0.0796. The van der Waals surface area contributed by atoms with Crippen LogP contribution in [0.15, 0.2) is 6.20 Å². The number of fused-ring (bicyclic) bond motifs is 1. The second kappa shape index (κ2) is 4.34. The summed E-state index contributed by atoms with van der Waals surface area (Å²) in [5.74, 6) is 1.17. The molecule has 1 aliphatic heterocycles. The van der Waals surface area contributed by atoms with E-state index in [0.29, 0.717) is 24.3 Å². The third kappa shape index (κ3) is 2.46. The minimum absolute atomic E-state index is 0.0796. The van der Waals surface area contributed by atoms with E-state index in [0.717, 1.165) is 5.39 Å². The number of nitrogens with one attached hydrogen (secondary N) is 2. The number of sulfone groups is 1. The lowest BCUT2D eigenvalue weighted by Crippen LogP contribution is -2.32. The zero-order valence-corrected chi connectivity index (χ0v) is 10.9. The van der Waals surface area contributed by atoms with Crippen LogP contribution in [-0.2, 0) is 9.84 Å². The fourth-order valence-corrected chi connectivity index (χ4v) is 3.68. The van der Waals surface area contributed by atoms with Gasteiger partial charge in [-0.15, -0.1) is 0 Å². The van der Waals surface area contributed by atoms with Gasteiger partial charge in [0.25, 0.3) is 0 Å². The topological polar surface area (TPSA) is 127 Å². The van der Waals surface area contributed by atoms with Gasteiger partial charge in [-0.1, -0.05) is 0 Å². The van der Waals surface area contributed by atoms with E-state index < -0.39 is 9.84 Å². The van der Waals surface area contributed by atoms with Crippen LogP contribution < -0.4 is 11.1 Å². The van der Waals surface area contributed by atoms with Crippen molar-refractivity contribution in [3.05, 3.63) is 6.20 Å². The van der Waals surface area contributed by atoms with Gasteiger partial charge in [0, 0.05) is 6.04 Å². The Bertz CT molecular complexity index is 696. The van der Waals surface area contributed by atoms with Gasteiger partial charge in [0.1, 0.15) is 15.7 Å². The lowest BCUT2D eigenvalue weighted by Gasteiger charge is -2.23. The average Bonchev–Trinajstić information content (AvgIpc) is 2.80. The van der Waals surface area contributed by atoms with Crippen molar-refractivity contribution in [2.24, 2.45) is 0 Å². The molecule has 1 aliphatic rings. The van der Waals surface area contributed by atoms with Crippen LogP contribution in [0.2, 0.25) is 0 Å². The lowest BCUT2D eigenvalue weighted by molar-refractivity contribution is 0.559. The van der Waals surface area contributed by atoms with Crippen molar-refractivity contribution in [2.45, 2.75) is 18.9 Å². The first kappa shape index (κ1) is 12.2. The van der Waals surface area contributed by atoms with Crippen LogP contribution in [0.1, 0.15) is 12.8 Å². The molecule has 0 aromatic carbocycles. The maximum atomic E-state index is 11.4. The van der Waals surface area contributed by atoms with Crippen molar-refractivity contribution in [3.8, 4) is 0 Å². The molecule has 2 aromatic heterocycles. The molecule has 19 heavy (non-hydrogen) atoms. The van der Waals surface area contributed by atoms with E-state index in [2.05, 4.69) is 25.5 Å². The normalized spacial score (nSPS) is 19.6. The number of hydrogen-bond acceptors (Lipinski definition) is 7. The van der Waals surface area contributed by atoms with Gasteiger partial charge in [0.2, 0.25) is 5.95 Å². The highest BCUT2D eigenvalue weighted by Crippen LogP contribution is 2.22. The third-order valence-electron chi connectivity index (χ3n) is 3.22. The first-order valence-electron chi connectivity index (χ1n) is 5.97. The number of H-pyrrole nitrogens is 1. The summed E-state index contributed by atoms with van der Waals surface area (Å²) in [4.78, 5) is 8.18. The minimum atomic E-state index is -2.86. The van der Waals surface area contributed by atoms with Gasteiger partial charge in [0.15, 0.2) is 5.65 Å². The largest absolute Gasteiger partial charge is 0.368 e. The summed E-state index contributed by atoms with van der Waals surface area (Å²) < 4.78 is 22.8. The number of aromatic amines is 1. The Morgan fingerprint density at radius 2 is 2.05 bits per heavy atom. The van der Waals surface area contributed by atoms with E-state index in [-0.39, 0.29) is 23.5 Å². The monoisotopic (exact) mass is 282 g/mol. The Morgan fingerprint density at radius 3 is 2.79 bits per heavy atom. The molecule has 0 spiro atoms. The van der Waals surface area contributed by atoms with Gasteiger partial charge in [-0.25, -0.2) is 8.42 Å². The molecule has 3 rings (SSSR count). The molecule has 9 heteroatoms. The molecule has 0 aliphatic carbocycles. The van der Waals surface area contributed by atoms with Crippen LogP contribution in [-0.4, -0.2) is 46.1 Å².